The first kappa shape index (κ1) is 25.7. The number of ketones is 2. The third kappa shape index (κ3) is 3.66. The van der Waals surface area contributed by atoms with Gasteiger partial charge in [-0.15, -0.1) is 0 Å². The van der Waals surface area contributed by atoms with Crippen molar-refractivity contribution >= 4 is 45.5 Å². The van der Waals surface area contributed by atoms with Crippen LogP contribution in [0.5, 0.6) is 11.5 Å². The van der Waals surface area contributed by atoms with Crippen molar-refractivity contribution in [3.05, 3.63) is 155 Å². The van der Waals surface area contributed by atoms with Gasteiger partial charge in [0.2, 0.25) is 0 Å². The highest BCUT2D eigenvalue weighted by molar-refractivity contribution is 6.42. The minimum atomic E-state index is -0.322. The Balaban J connectivity index is 1.14. The van der Waals surface area contributed by atoms with Gasteiger partial charge in [0.05, 0.1) is 16.9 Å². The number of benzene rings is 6. The summed E-state index contributed by atoms with van der Waals surface area (Å²) in [5.41, 5.74) is 9.37. The van der Waals surface area contributed by atoms with Gasteiger partial charge in [-0.3, -0.25) is 9.59 Å². The van der Waals surface area contributed by atoms with Gasteiger partial charge >= 0.3 is 0 Å². The molecule has 0 N–H and O–H groups in total. The summed E-state index contributed by atoms with van der Waals surface area (Å²) in [5, 5.41) is 1.91. The van der Waals surface area contributed by atoms with Crippen molar-refractivity contribution in [3.8, 4) is 22.6 Å². The normalized spacial score (nSPS) is 15.2. The van der Waals surface area contributed by atoms with Crippen LogP contribution >= 0.6 is 0 Å². The molecule has 2 aliphatic carbocycles. The Hall–Kier alpha value is -5.74. The van der Waals surface area contributed by atoms with E-state index in [2.05, 4.69) is 73.3 Å². The molecule has 9 rings (SSSR count). The summed E-state index contributed by atoms with van der Waals surface area (Å²) in [6.07, 6.45) is 1.76. The predicted octanol–water partition coefficient (Wildman–Crippen LogP) is 10.2. The van der Waals surface area contributed by atoms with E-state index in [4.69, 9.17) is 4.74 Å². The van der Waals surface area contributed by atoms with Gasteiger partial charge in [-0.05, 0) is 93.2 Å². The van der Waals surface area contributed by atoms with Crippen LogP contribution in [0.15, 0.2) is 127 Å². The van der Waals surface area contributed by atoms with E-state index in [1.807, 2.05) is 66.7 Å². The van der Waals surface area contributed by atoms with E-state index in [1.165, 1.54) is 5.56 Å². The van der Waals surface area contributed by atoms with E-state index in [0.29, 0.717) is 11.1 Å². The first-order valence-electron chi connectivity index (χ1n) is 15.2. The van der Waals surface area contributed by atoms with Crippen molar-refractivity contribution in [1.82, 2.24) is 0 Å². The monoisotopic (exact) mass is 581 g/mol. The minimum absolute atomic E-state index is 0.214. The van der Waals surface area contributed by atoms with E-state index in [-0.39, 0.29) is 22.6 Å². The van der Waals surface area contributed by atoms with Gasteiger partial charge < -0.3 is 9.64 Å². The largest absolute Gasteiger partial charge is 0.453 e. The second kappa shape index (κ2) is 9.13. The molecule has 1 aliphatic heterocycles. The van der Waals surface area contributed by atoms with Crippen molar-refractivity contribution in [2.24, 2.45) is 0 Å². The van der Waals surface area contributed by atoms with E-state index in [0.717, 1.165) is 61.6 Å². The van der Waals surface area contributed by atoms with Crippen molar-refractivity contribution < 1.29 is 14.3 Å². The SMILES string of the molecule is CC1(C)c2cc(C=C3C(=O)c4cc5ccccc5cc4C3=O)ccc2-c2cc3c(cc21)N(c1ccccc1)c1ccccc1O3. The number of rotatable bonds is 2. The first-order valence-corrected chi connectivity index (χ1v) is 15.2. The number of para-hydroxylation sites is 3. The Morgan fingerprint density at radius 2 is 1.22 bits per heavy atom. The Bertz CT molecular complexity index is 2260. The molecule has 4 heteroatoms. The lowest BCUT2D eigenvalue weighted by molar-refractivity contribution is 0.0990. The van der Waals surface area contributed by atoms with Crippen molar-refractivity contribution in [1.29, 1.82) is 0 Å². The molecule has 0 amide bonds. The van der Waals surface area contributed by atoms with E-state index < -0.39 is 0 Å². The third-order valence-electron chi connectivity index (χ3n) is 9.54. The van der Waals surface area contributed by atoms with Crippen LogP contribution in [-0.2, 0) is 5.41 Å². The van der Waals surface area contributed by atoms with Gasteiger partial charge in [0.1, 0.15) is 0 Å². The Morgan fingerprint density at radius 1 is 0.578 bits per heavy atom. The molecule has 6 aromatic rings. The molecule has 0 radical (unpaired) electrons. The number of nitrogens with zero attached hydrogens (tertiary/aromatic N) is 1. The van der Waals surface area contributed by atoms with Gasteiger partial charge in [-0.2, -0.15) is 0 Å². The lowest BCUT2D eigenvalue weighted by Crippen LogP contribution is -2.19. The van der Waals surface area contributed by atoms with Crippen LogP contribution in [0, 0.1) is 0 Å². The molecule has 6 aromatic carbocycles. The van der Waals surface area contributed by atoms with Crippen LogP contribution in [0.3, 0.4) is 0 Å². The minimum Gasteiger partial charge on any atom is -0.453 e. The van der Waals surface area contributed by atoms with Gasteiger partial charge in [0.25, 0.3) is 0 Å². The maximum absolute atomic E-state index is 13.5. The topological polar surface area (TPSA) is 46.6 Å². The first-order chi connectivity index (χ1) is 21.9. The molecule has 1 heterocycles. The van der Waals surface area contributed by atoms with Crippen LogP contribution in [0.2, 0.25) is 0 Å². The number of anilines is 3. The molecule has 4 nitrogen and oxygen atoms in total. The lowest BCUT2D eigenvalue weighted by Gasteiger charge is -2.34. The fourth-order valence-electron chi connectivity index (χ4n) is 7.25. The lowest BCUT2D eigenvalue weighted by atomic mass is 9.81. The van der Waals surface area contributed by atoms with E-state index >= 15 is 0 Å². The molecule has 0 spiro atoms. The van der Waals surface area contributed by atoms with Gasteiger partial charge in [0.15, 0.2) is 23.1 Å². The highest BCUT2D eigenvalue weighted by Crippen LogP contribution is 2.57. The summed E-state index contributed by atoms with van der Waals surface area (Å²) >= 11 is 0. The average Bonchev–Trinajstić information content (AvgIpc) is 3.42. The van der Waals surface area contributed by atoms with Crippen LogP contribution in [0.4, 0.5) is 17.1 Å². The third-order valence-corrected chi connectivity index (χ3v) is 9.54. The number of hydrogen-bond acceptors (Lipinski definition) is 4. The molecule has 0 fully saturated rings. The summed E-state index contributed by atoms with van der Waals surface area (Å²) in [5.74, 6) is 1.19. The summed E-state index contributed by atoms with van der Waals surface area (Å²) in [6.45, 7) is 4.47. The molecule has 0 atom stereocenters. The Labute approximate surface area is 260 Å². The molecule has 214 valence electrons. The van der Waals surface area contributed by atoms with Crippen LogP contribution in [0.1, 0.15) is 51.3 Å². The number of carbonyl (C=O) groups excluding carboxylic acids is 2. The fraction of sp³-hybridized carbons (Fsp3) is 0.0732. The second-order valence-corrected chi connectivity index (χ2v) is 12.5. The van der Waals surface area contributed by atoms with Gasteiger partial charge in [-0.25, -0.2) is 0 Å². The zero-order valence-electron chi connectivity index (χ0n) is 24.8. The molecule has 0 saturated carbocycles. The van der Waals surface area contributed by atoms with Gasteiger partial charge in [0, 0.05) is 22.2 Å². The number of hydrogen-bond donors (Lipinski definition) is 0. The summed E-state index contributed by atoms with van der Waals surface area (Å²) in [4.78, 5) is 29.2. The van der Waals surface area contributed by atoms with E-state index in [9.17, 15) is 9.59 Å². The number of fused-ring (bicyclic) bond motifs is 7. The number of ether oxygens (including phenoxy) is 1. The zero-order chi connectivity index (χ0) is 30.4. The summed E-state index contributed by atoms with van der Waals surface area (Å²) in [6, 6.07) is 40.7. The van der Waals surface area contributed by atoms with Crippen molar-refractivity contribution in [2.75, 3.05) is 4.90 Å². The Morgan fingerprint density at radius 3 is 1.96 bits per heavy atom. The van der Waals surface area contributed by atoms with Crippen LogP contribution < -0.4 is 9.64 Å². The molecule has 0 unspecified atom stereocenters. The predicted molar refractivity (Wildman–Crippen MR) is 179 cm³/mol. The zero-order valence-corrected chi connectivity index (χ0v) is 24.8. The average molecular weight is 582 g/mol. The summed E-state index contributed by atoms with van der Waals surface area (Å²) < 4.78 is 6.51. The summed E-state index contributed by atoms with van der Waals surface area (Å²) in [7, 11) is 0. The van der Waals surface area contributed by atoms with E-state index in [1.54, 1.807) is 6.08 Å². The number of allylic oxidation sites excluding steroid dienone is 1. The maximum Gasteiger partial charge on any atom is 0.197 e. The smallest absolute Gasteiger partial charge is 0.197 e. The van der Waals surface area contributed by atoms with Crippen LogP contribution in [-0.4, -0.2) is 11.6 Å². The van der Waals surface area contributed by atoms with Crippen molar-refractivity contribution in [2.45, 2.75) is 19.3 Å². The Kier molecular flexibility index (Phi) is 5.22. The molecule has 0 aromatic heterocycles. The number of Topliss-reactive ketones (excluding diaryl/α,β-unsaturated/α-hetero) is 2. The molecular formula is C41H27NO3. The van der Waals surface area contributed by atoms with Gasteiger partial charge in [-0.1, -0.05) is 86.6 Å². The molecular weight excluding hydrogens is 554 g/mol. The highest BCUT2D eigenvalue weighted by Gasteiger charge is 2.39. The highest BCUT2D eigenvalue weighted by atomic mass is 16.5. The standard InChI is InChI=1S/C41H27NO3/c1-41(2)33-19-24(18-32-39(43)30-20-25-10-6-7-11-26(25)21-31(30)40(32)44)16-17-28(33)29-22-38-36(23-34(29)41)42(27-12-4-3-5-13-27)35-14-8-9-15-37(35)45-38/h3-23H,1-2H3. The molecule has 0 saturated heterocycles. The molecule has 0 bridgehead atoms. The fourth-order valence-corrected chi connectivity index (χ4v) is 7.25. The quantitative estimate of drug-likeness (QED) is 0.151. The number of carbonyl (C=O) groups is 2. The van der Waals surface area contributed by atoms with Crippen LogP contribution in [0.25, 0.3) is 28.0 Å². The van der Waals surface area contributed by atoms with Crippen molar-refractivity contribution in [3.63, 3.8) is 0 Å². The molecule has 3 aliphatic rings. The molecule has 45 heavy (non-hydrogen) atoms. The second-order valence-electron chi connectivity index (χ2n) is 12.5. The maximum atomic E-state index is 13.5.